The molecule has 0 saturated carbocycles. The quantitative estimate of drug-likeness (QED) is 0.849. The Morgan fingerprint density at radius 3 is 2.67 bits per heavy atom. The molecule has 1 fully saturated rings. The Labute approximate surface area is 129 Å². The van der Waals surface area contributed by atoms with Gasteiger partial charge in [-0.3, -0.25) is 9.59 Å². The van der Waals surface area contributed by atoms with Gasteiger partial charge >= 0.3 is 5.97 Å². The van der Waals surface area contributed by atoms with Gasteiger partial charge in [-0.1, -0.05) is 0 Å². The second-order valence-corrected chi connectivity index (χ2v) is 6.30. The molecule has 0 bridgehead atoms. The van der Waals surface area contributed by atoms with Gasteiger partial charge in [-0.2, -0.15) is 0 Å². The second-order valence-electron chi connectivity index (χ2n) is 5.42. The average Bonchev–Trinajstić information content (AvgIpc) is 2.52. The number of carbonyl (C=O) groups excluding carboxylic acids is 1. The normalized spacial score (nSPS) is 18.5. The highest BCUT2D eigenvalue weighted by Crippen LogP contribution is 2.23. The van der Waals surface area contributed by atoms with E-state index >= 15 is 0 Å². The van der Waals surface area contributed by atoms with Gasteiger partial charge in [-0.25, -0.2) is 0 Å². The van der Waals surface area contributed by atoms with Crippen molar-refractivity contribution in [3.05, 3.63) is 29.8 Å². The second kappa shape index (κ2) is 7.50. The molecule has 21 heavy (non-hydrogen) atoms. The van der Waals surface area contributed by atoms with Crippen molar-refractivity contribution in [2.75, 3.05) is 19.3 Å². The number of thioether (sulfide) groups is 1. The lowest BCUT2D eigenvalue weighted by atomic mass is 9.93. The molecule has 2 rings (SSSR count). The molecule has 0 aliphatic carbocycles. The topological polar surface area (TPSA) is 57.6 Å². The molecule has 1 aliphatic heterocycles. The van der Waals surface area contributed by atoms with Crippen molar-refractivity contribution in [3.8, 4) is 0 Å². The van der Waals surface area contributed by atoms with Crippen LogP contribution in [-0.4, -0.2) is 41.2 Å². The summed E-state index contributed by atoms with van der Waals surface area (Å²) in [5.41, 5.74) is 0.715. The lowest BCUT2D eigenvalue weighted by molar-refractivity contribution is -0.137. The standard InChI is InChI=1S/C16H21NO3S/c1-21-14-7-5-13(6-8-14)16(20)17-10-2-3-12(11-17)4-9-15(18)19/h5-8,12H,2-4,9-11H2,1H3,(H,18,19)/t12-/m1/s1. The van der Waals surface area contributed by atoms with Crippen LogP contribution in [0.3, 0.4) is 0 Å². The van der Waals surface area contributed by atoms with E-state index in [1.807, 2.05) is 35.4 Å². The summed E-state index contributed by atoms with van der Waals surface area (Å²) in [6.07, 6.45) is 4.83. The fourth-order valence-corrected chi connectivity index (χ4v) is 3.14. The van der Waals surface area contributed by atoms with Gasteiger partial charge in [-0.05, 0) is 55.7 Å². The van der Waals surface area contributed by atoms with Crippen molar-refractivity contribution in [3.63, 3.8) is 0 Å². The van der Waals surface area contributed by atoms with E-state index in [4.69, 9.17) is 5.11 Å². The van der Waals surface area contributed by atoms with E-state index in [0.29, 0.717) is 24.4 Å². The lowest BCUT2D eigenvalue weighted by Crippen LogP contribution is -2.40. The molecular weight excluding hydrogens is 286 g/mol. The van der Waals surface area contributed by atoms with Gasteiger partial charge in [-0.15, -0.1) is 11.8 Å². The fourth-order valence-electron chi connectivity index (χ4n) is 2.73. The van der Waals surface area contributed by atoms with E-state index < -0.39 is 5.97 Å². The largest absolute Gasteiger partial charge is 0.481 e. The molecule has 5 heteroatoms. The van der Waals surface area contributed by atoms with Crippen molar-refractivity contribution in [1.82, 2.24) is 4.90 Å². The van der Waals surface area contributed by atoms with E-state index in [2.05, 4.69) is 0 Å². The van der Waals surface area contributed by atoms with Crippen molar-refractivity contribution in [1.29, 1.82) is 0 Å². The Hall–Kier alpha value is -1.49. The van der Waals surface area contributed by atoms with Crippen LogP contribution in [0.15, 0.2) is 29.2 Å². The highest BCUT2D eigenvalue weighted by Gasteiger charge is 2.24. The van der Waals surface area contributed by atoms with E-state index in [-0.39, 0.29) is 12.3 Å². The summed E-state index contributed by atoms with van der Waals surface area (Å²) in [6, 6.07) is 7.66. The van der Waals surface area contributed by atoms with Gasteiger partial charge in [0.05, 0.1) is 0 Å². The summed E-state index contributed by atoms with van der Waals surface area (Å²) < 4.78 is 0. The SMILES string of the molecule is CSc1ccc(C(=O)N2CCC[C@H](CCC(=O)O)C2)cc1. The summed E-state index contributed by atoms with van der Waals surface area (Å²) in [4.78, 5) is 26.2. The highest BCUT2D eigenvalue weighted by molar-refractivity contribution is 7.98. The van der Waals surface area contributed by atoms with E-state index in [0.717, 1.165) is 24.3 Å². The number of carboxylic acids is 1. The molecule has 1 N–H and O–H groups in total. The summed E-state index contributed by atoms with van der Waals surface area (Å²) >= 11 is 1.65. The lowest BCUT2D eigenvalue weighted by Gasteiger charge is -2.32. The highest BCUT2D eigenvalue weighted by atomic mass is 32.2. The van der Waals surface area contributed by atoms with Gasteiger partial charge in [0.1, 0.15) is 0 Å². The first-order valence-corrected chi connectivity index (χ1v) is 8.47. The summed E-state index contributed by atoms with van der Waals surface area (Å²) in [7, 11) is 0. The van der Waals surface area contributed by atoms with Crippen LogP contribution in [0.4, 0.5) is 0 Å². The molecule has 1 heterocycles. The minimum absolute atomic E-state index is 0.0580. The van der Waals surface area contributed by atoms with Crippen molar-refractivity contribution < 1.29 is 14.7 Å². The molecule has 4 nitrogen and oxygen atoms in total. The van der Waals surface area contributed by atoms with Gasteiger partial charge in [0.15, 0.2) is 0 Å². The summed E-state index contributed by atoms with van der Waals surface area (Å²) in [6.45, 7) is 1.45. The third kappa shape index (κ3) is 4.49. The number of piperidine rings is 1. The van der Waals surface area contributed by atoms with Crippen LogP contribution < -0.4 is 0 Å². The van der Waals surface area contributed by atoms with E-state index in [1.54, 1.807) is 11.8 Å². The molecule has 1 atom stereocenters. The molecule has 1 amide bonds. The minimum atomic E-state index is -0.758. The molecule has 114 valence electrons. The van der Waals surface area contributed by atoms with Gasteiger partial charge < -0.3 is 10.0 Å². The number of carboxylic acid groups (broad SMARTS) is 1. The van der Waals surface area contributed by atoms with E-state index in [1.165, 1.54) is 0 Å². The maximum absolute atomic E-state index is 12.5. The zero-order chi connectivity index (χ0) is 15.2. The van der Waals surface area contributed by atoms with Crippen LogP contribution in [0.5, 0.6) is 0 Å². The number of benzene rings is 1. The molecule has 0 unspecified atom stereocenters. The van der Waals surface area contributed by atoms with Crippen molar-refractivity contribution >= 4 is 23.6 Å². The van der Waals surface area contributed by atoms with Gasteiger partial charge in [0.25, 0.3) is 5.91 Å². The minimum Gasteiger partial charge on any atom is -0.481 e. The Bertz CT molecular complexity index is 501. The van der Waals surface area contributed by atoms with Crippen LogP contribution in [0.2, 0.25) is 0 Å². The smallest absolute Gasteiger partial charge is 0.303 e. The molecule has 0 aromatic heterocycles. The molecule has 0 radical (unpaired) electrons. The van der Waals surface area contributed by atoms with Crippen molar-refractivity contribution in [2.45, 2.75) is 30.6 Å². The summed E-state index contributed by atoms with van der Waals surface area (Å²) in [5, 5.41) is 8.76. The number of carbonyl (C=O) groups is 2. The third-order valence-corrected chi connectivity index (χ3v) is 4.65. The van der Waals surface area contributed by atoms with Crippen LogP contribution in [0, 0.1) is 5.92 Å². The predicted octanol–water partition coefficient (Wildman–Crippen LogP) is 3.13. The third-order valence-electron chi connectivity index (χ3n) is 3.91. The number of likely N-dealkylation sites (tertiary alicyclic amines) is 1. The number of rotatable bonds is 5. The van der Waals surface area contributed by atoms with Crippen LogP contribution in [0.1, 0.15) is 36.0 Å². The van der Waals surface area contributed by atoms with Gasteiger partial charge in [0.2, 0.25) is 0 Å². The Kier molecular flexibility index (Phi) is 5.67. The van der Waals surface area contributed by atoms with Crippen LogP contribution >= 0.6 is 11.8 Å². The summed E-state index contributed by atoms with van der Waals surface area (Å²) in [5.74, 6) is -0.391. The molecule has 1 aliphatic rings. The number of amides is 1. The van der Waals surface area contributed by atoms with Crippen molar-refractivity contribution in [2.24, 2.45) is 5.92 Å². The predicted molar refractivity (Wildman–Crippen MR) is 83.7 cm³/mol. The molecule has 1 aromatic rings. The Balaban J connectivity index is 1.96. The first-order chi connectivity index (χ1) is 10.1. The zero-order valence-corrected chi connectivity index (χ0v) is 13.1. The molecule has 1 aromatic carbocycles. The number of aliphatic carboxylic acids is 1. The fraction of sp³-hybridized carbons (Fsp3) is 0.500. The van der Waals surface area contributed by atoms with E-state index in [9.17, 15) is 9.59 Å². The van der Waals surface area contributed by atoms with Crippen LogP contribution in [-0.2, 0) is 4.79 Å². The molecular formula is C16H21NO3S. The molecule has 1 saturated heterocycles. The number of nitrogens with zero attached hydrogens (tertiary/aromatic N) is 1. The molecule has 0 spiro atoms. The zero-order valence-electron chi connectivity index (χ0n) is 12.2. The first-order valence-electron chi connectivity index (χ1n) is 7.25. The first kappa shape index (κ1) is 15.9. The number of hydrogen-bond acceptors (Lipinski definition) is 3. The monoisotopic (exact) mass is 307 g/mol. The van der Waals surface area contributed by atoms with Gasteiger partial charge in [0, 0.05) is 30.0 Å². The maximum atomic E-state index is 12.5. The average molecular weight is 307 g/mol. The maximum Gasteiger partial charge on any atom is 0.303 e. The Morgan fingerprint density at radius 2 is 2.05 bits per heavy atom. The number of hydrogen-bond donors (Lipinski definition) is 1. The van der Waals surface area contributed by atoms with Crippen LogP contribution in [0.25, 0.3) is 0 Å². The Morgan fingerprint density at radius 1 is 1.33 bits per heavy atom.